The molecule has 0 aliphatic carbocycles. The number of carbonyl (C=O) groups excluding carboxylic acids is 2. The predicted octanol–water partition coefficient (Wildman–Crippen LogP) is 3.59. The van der Waals surface area contributed by atoms with Crippen LogP contribution in [-0.2, 0) is 27.9 Å². The molecule has 0 spiro atoms. The highest BCUT2D eigenvalue weighted by molar-refractivity contribution is 7.89. The van der Waals surface area contributed by atoms with Crippen molar-refractivity contribution >= 4 is 21.7 Å². The average Bonchev–Trinajstić information content (AvgIpc) is 2.81. The van der Waals surface area contributed by atoms with E-state index in [0.717, 1.165) is 0 Å². The maximum absolute atomic E-state index is 13.3. The fourth-order valence-corrected chi connectivity index (χ4v) is 4.20. The van der Waals surface area contributed by atoms with Crippen molar-refractivity contribution < 1.29 is 27.1 Å². The Balaban J connectivity index is 1.58. The van der Waals surface area contributed by atoms with Gasteiger partial charge in [-0.2, -0.15) is 0 Å². The van der Waals surface area contributed by atoms with Crippen LogP contribution in [0.3, 0.4) is 0 Å². The lowest BCUT2D eigenvalue weighted by Gasteiger charge is -2.15. The van der Waals surface area contributed by atoms with Crippen molar-refractivity contribution in [1.82, 2.24) is 10.0 Å². The largest absolute Gasteiger partial charge is 0.481 e. The molecule has 0 radical (unpaired) electrons. The monoisotopic (exact) mass is 484 g/mol. The van der Waals surface area contributed by atoms with Crippen LogP contribution < -0.4 is 14.8 Å². The predicted molar refractivity (Wildman–Crippen MR) is 125 cm³/mol. The summed E-state index contributed by atoms with van der Waals surface area (Å²) in [7, 11) is -3.84. The van der Waals surface area contributed by atoms with Crippen molar-refractivity contribution in [3.8, 4) is 5.75 Å². The van der Waals surface area contributed by atoms with E-state index in [1.165, 1.54) is 37.3 Å². The minimum atomic E-state index is -3.84. The minimum Gasteiger partial charge on any atom is -0.481 e. The summed E-state index contributed by atoms with van der Waals surface area (Å²) in [5.41, 5.74) is 1.55. The zero-order valence-corrected chi connectivity index (χ0v) is 19.6. The van der Waals surface area contributed by atoms with E-state index < -0.39 is 27.9 Å². The molecular formula is C25H25FN2O5S. The van der Waals surface area contributed by atoms with Gasteiger partial charge in [0.1, 0.15) is 11.6 Å². The second-order valence-electron chi connectivity index (χ2n) is 7.66. The third-order valence-corrected chi connectivity index (χ3v) is 6.35. The fraction of sp³-hybridized carbons (Fsp3) is 0.200. The zero-order chi connectivity index (χ0) is 24.7. The molecule has 3 rings (SSSR count). The number of benzene rings is 3. The van der Waals surface area contributed by atoms with E-state index in [1.54, 1.807) is 49.4 Å². The van der Waals surface area contributed by atoms with Crippen molar-refractivity contribution in [2.24, 2.45) is 0 Å². The summed E-state index contributed by atoms with van der Waals surface area (Å²) in [6, 6.07) is 18.4. The standard InChI is InChI=1S/C25H25FN2O5S/c1-17(29)21-8-5-10-23(14-21)33-18(2)25(30)27-15-20-7-4-11-24(13-20)34(31,32)28-16-19-6-3-9-22(26)12-19/h3-14,18,28H,15-16H2,1-2H3,(H,27,30). The van der Waals surface area contributed by atoms with Crippen LogP contribution in [0.4, 0.5) is 4.39 Å². The molecule has 0 bridgehead atoms. The van der Waals surface area contributed by atoms with Crippen molar-refractivity contribution in [1.29, 1.82) is 0 Å². The third-order valence-electron chi connectivity index (χ3n) is 4.95. The molecular weight excluding hydrogens is 459 g/mol. The highest BCUT2D eigenvalue weighted by Crippen LogP contribution is 2.16. The quantitative estimate of drug-likeness (QED) is 0.428. The lowest BCUT2D eigenvalue weighted by Crippen LogP contribution is -2.36. The number of hydrogen-bond donors (Lipinski definition) is 2. The smallest absolute Gasteiger partial charge is 0.261 e. The second-order valence-corrected chi connectivity index (χ2v) is 9.43. The Morgan fingerprint density at radius 1 is 0.941 bits per heavy atom. The molecule has 7 nitrogen and oxygen atoms in total. The SMILES string of the molecule is CC(=O)c1cccc(OC(C)C(=O)NCc2cccc(S(=O)(=O)NCc3cccc(F)c3)c2)c1. The number of ether oxygens (including phenoxy) is 1. The van der Waals surface area contributed by atoms with Gasteiger partial charge in [-0.05, 0) is 61.4 Å². The highest BCUT2D eigenvalue weighted by atomic mass is 32.2. The Morgan fingerprint density at radius 3 is 2.32 bits per heavy atom. The van der Waals surface area contributed by atoms with Gasteiger partial charge < -0.3 is 10.1 Å². The number of ketones is 1. The van der Waals surface area contributed by atoms with Crippen LogP contribution in [-0.4, -0.2) is 26.2 Å². The van der Waals surface area contributed by atoms with E-state index in [4.69, 9.17) is 4.74 Å². The molecule has 0 aromatic heterocycles. The summed E-state index contributed by atoms with van der Waals surface area (Å²) in [6.45, 7) is 3.06. The zero-order valence-electron chi connectivity index (χ0n) is 18.7. The maximum Gasteiger partial charge on any atom is 0.261 e. The van der Waals surface area contributed by atoms with E-state index in [9.17, 15) is 22.4 Å². The highest BCUT2D eigenvalue weighted by Gasteiger charge is 2.17. The Morgan fingerprint density at radius 2 is 1.62 bits per heavy atom. The van der Waals surface area contributed by atoms with Gasteiger partial charge in [-0.1, -0.05) is 36.4 Å². The van der Waals surface area contributed by atoms with Gasteiger partial charge in [0, 0.05) is 18.7 Å². The summed E-state index contributed by atoms with van der Waals surface area (Å²) >= 11 is 0. The Bertz CT molecular complexity index is 1290. The van der Waals surface area contributed by atoms with Crippen LogP contribution in [0.2, 0.25) is 0 Å². The first-order valence-corrected chi connectivity index (χ1v) is 12.0. The Kier molecular flexibility index (Phi) is 8.14. The van der Waals surface area contributed by atoms with Gasteiger partial charge in [-0.25, -0.2) is 17.5 Å². The van der Waals surface area contributed by atoms with Crippen LogP contribution in [0.15, 0.2) is 77.7 Å². The number of sulfonamides is 1. The molecule has 0 saturated carbocycles. The molecule has 0 aliphatic heterocycles. The van der Waals surface area contributed by atoms with Gasteiger partial charge in [-0.15, -0.1) is 0 Å². The first-order valence-electron chi connectivity index (χ1n) is 10.5. The first-order chi connectivity index (χ1) is 16.1. The summed E-state index contributed by atoms with van der Waals surface area (Å²) in [5, 5.41) is 2.71. The summed E-state index contributed by atoms with van der Waals surface area (Å²) < 4.78 is 46.6. The molecule has 9 heteroatoms. The molecule has 178 valence electrons. The number of hydrogen-bond acceptors (Lipinski definition) is 5. The van der Waals surface area contributed by atoms with Crippen molar-refractivity contribution in [2.45, 2.75) is 37.9 Å². The van der Waals surface area contributed by atoms with Crippen LogP contribution in [0, 0.1) is 5.82 Å². The number of halogens is 1. The molecule has 2 N–H and O–H groups in total. The Labute approximate surface area is 198 Å². The maximum atomic E-state index is 13.3. The van der Waals surface area contributed by atoms with E-state index in [1.807, 2.05) is 0 Å². The molecule has 0 fully saturated rings. The van der Waals surface area contributed by atoms with Gasteiger partial charge in [0.25, 0.3) is 5.91 Å². The van der Waals surface area contributed by atoms with Crippen LogP contribution in [0.1, 0.15) is 35.3 Å². The van der Waals surface area contributed by atoms with Crippen molar-refractivity contribution in [2.75, 3.05) is 0 Å². The second kappa shape index (κ2) is 11.0. The van der Waals surface area contributed by atoms with Gasteiger partial charge in [0.2, 0.25) is 10.0 Å². The minimum absolute atomic E-state index is 0.0287. The number of Topliss-reactive ketones (excluding diaryl/α,β-unsaturated/α-hetero) is 1. The normalized spacial score (nSPS) is 12.1. The van der Waals surface area contributed by atoms with Gasteiger partial charge in [0.05, 0.1) is 4.90 Å². The van der Waals surface area contributed by atoms with E-state index in [2.05, 4.69) is 10.0 Å². The van der Waals surface area contributed by atoms with E-state index in [0.29, 0.717) is 22.4 Å². The fourth-order valence-electron chi connectivity index (χ4n) is 3.11. The third kappa shape index (κ3) is 6.97. The first kappa shape index (κ1) is 25.1. The van der Waals surface area contributed by atoms with Gasteiger partial charge in [0.15, 0.2) is 11.9 Å². The van der Waals surface area contributed by atoms with Crippen LogP contribution in [0.5, 0.6) is 5.75 Å². The summed E-state index contributed by atoms with van der Waals surface area (Å²) in [4.78, 5) is 24.0. The number of carbonyl (C=O) groups is 2. The van der Waals surface area contributed by atoms with Crippen molar-refractivity contribution in [3.63, 3.8) is 0 Å². The van der Waals surface area contributed by atoms with Crippen LogP contribution in [0.25, 0.3) is 0 Å². The molecule has 34 heavy (non-hydrogen) atoms. The van der Waals surface area contributed by atoms with Gasteiger partial charge in [-0.3, -0.25) is 9.59 Å². The van der Waals surface area contributed by atoms with Crippen LogP contribution >= 0.6 is 0 Å². The van der Waals surface area contributed by atoms with E-state index in [-0.39, 0.29) is 23.8 Å². The molecule has 3 aromatic carbocycles. The molecule has 1 amide bonds. The molecule has 1 unspecified atom stereocenters. The lowest BCUT2D eigenvalue weighted by molar-refractivity contribution is -0.127. The summed E-state index contributed by atoms with van der Waals surface area (Å²) in [6.07, 6.45) is -0.831. The molecule has 3 aromatic rings. The van der Waals surface area contributed by atoms with Crippen molar-refractivity contribution in [3.05, 3.63) is 95.3 Å². The number of nitrogens with one attached hydrogen (secondary N) is 2. The molecule has 0 aliphatic rings. The number of rotatable bonds is 10. The number of amides is 1. The van der Waals surface area contributed by atoms with Gasteiger partial charge >= 0.3 is 0 Å². The van der Waals surface area contributed by atoms with E-state index >= 15 is 0 Å². The average molecular weight is 485 g/mol. The molecule has 0 saturated heterocycles. The molecule has 0 heterocycles. The molecule has 1 atom stereocenters. The Hall–Kier alpha value is -3.56. The topological polar surface area (TPSA) is 102 Å². The summed E-state index contributed by atoms with van der Waals surface area (Å²) in [5.74, 6) is -0.555. The lowest BCUT2D eigenvalue weighted by atomic mass is 10.1.